The Bertz CT molecular complexity index is 1560. The maximum atomic E-state index is 12.5. The number of hydrogen-bond donors (Lipinski definition) is 2. The lowest BCUT2D eigenvalue weighted by molar-refractivity contribution is -0.136. The third kappa shape index (κ3) is 7.78. The molecular weight excluding hydrogens is 548 g/mol. The molecule has 4 aromatic rings. The fourth-order valence-electron chi connectivity index (χ4n) is 4.89. The Kier molecular flexibility index (Phi) is 10.4. The molecule has 0 spiro atoms. The van der Waals surface area contributed by atoms with Crippen molar-refractivity contribution in [3.8, 4) is 22.9 Å². The Morgan fingerprint density at radius 3 is 2.19 bits per heavy atom. The molecule has 0 aliphatic carbocycles. The summed E-state index contributed by atoms with van der Waals surface area (Å²) < 4.78 is 6.69. The van der Waals surface area contributed by atoms with Crippen molar-refractivity contribution in [2.45, 2.75) is 45.1 Å². The van der Waals surface area contributed by atoms with Gasteiger partial charge < -0.3 is 15.2 Å². The lowest BCUT2D eigenvalue weighted by Gasteiger charge is -2.29. The van der Waals surface area contributed by atoms with E-state index in [0.717, 1.165) is 35.1 Å². The highest BCUT2D eigenvalue weighted by molar-refractivity contribution is 6.30. The van der Waals surface area contributed by atoms with Crippen LogP contribution in [-0.2, 0) is 4.79 Å². The van der Waals surface area contributed by atoms with Gasteiger partial charge in [-0.3, -0.25) is 9.59 Å². The number of nitriles is 1. The molecule has 0 saturated heterocycles. The maximum Gasteiger partial charge on any atom is 0.305 e. The quantitative estimate of drug-likeness (QED) is 0.176. The van der Waals surface area contributed by atoms with Crippen molar-refractivity contribution in [1.29, 1.82) is 5.26 Å². The monoisotopic (exact) mass is 580 g/mol. The van der Waals surface area contributed by atoms with Gasteiger partial charge in [0.15, 0.2) is 0 Å². The molecule has 0 radical (unpaired) electrons. The number of hydrogen-bond acceptors (Lipinski definition) is 4. The molecule has 0 bridgehead atoms. The number of benzene rings is 4. The van der Waals surface area contributed by atoms with E-state index in [4.69, 9.17) is 21.4 Å². The van der Waals surface area contributed by atoms with Crippen molar-refractivity contribution >= 4 is 23.5 Å². The van der Waals surface area contributed by atoms with E-state index in [9.17, 15) is 14.9 Å². The molecule has 0 saturated carbocycles. The molecule has 0 aliphatic heterocycles. The molecular formula is C35H33ClN2O4. The first kappa shape index (κ1) is 30.4. The molecule has 4 rings (SSSR count). The summed E-state index contributed by atoms with van der Waals surface area (Å²) in [6.45, 7) is 4.20. The Labute approximate surface area is 251 Å². The number of nitrogens with zero attached hydrogens (tertiary/aromatic N) is 1. The van der Waals surface area contributed by atoms with Crippen molar-refractivity contribution < 1.29 is 19.4 Å². The number of rotatable bonds is 12. The molecule has 6 nitrogen and oxygen atoms in total. The Morgan fingerprint density at radius 1 is 0.929 bits per heavy atom. The van der Waals surface area contributed by atoms with Gasteiger partial charge in [0.2, 0.25) is 0 Å². The summed E-state index contributed by atoms with van der Waals surface area (Å²) in [5.41, 5.74) is 5.91. The van der Waals surface area contributed by atoms with Gasteiger partial charge in [-0.2, -0.15) is 5.26 Å². The summed E-state index contributed by atoms with van der Waals surface area (Å²) in [5, 5.41) is 22.1. The molecule has 7 heteroatoms. The number of aliphatic carboxylic acids is 1. The number of nitrogens with one attached hydrogen (secondary N) is 1. The van der Waals surface area contributed by atoms with Crippen LogP contribution in [0.4, 0.5) is 0 Å². The fourth-order valence-corrected chi connectivity index (χ4v) is 5.01. The normalized spacial score (nSPS) is 12.1. The van der Waals surface area contributed by atoms with E-state index in [0.29, 0.717) is 21.9 Å². The number of ether oxygens (including phenoxy) is 1. The molecule has 0 aromatic heterocycles. The predicted octanol–water partition coefficient (Wildman–Crippen LogP) is 8.10. The van der Waals surface area contributed by atoms with Gasteiger partial charge in [0.05, 0.1) is 12.0 Å². The number of carboxylic acids is 1. The molecule has 1 unspecified atom stereocenters. The van der Waals surface area contributed by atoms with E-state index < -0.39 is 12.1 Å². The van der Waals surface area contributed by atoms with Crippen LogP contribution in [0, 0.1) is 18.3 Å². The molecule has 2 atom stereocenters. The van der Waals surface area contributed by atoms with Crippen molar-refractivity contribution in [2.75, 3.05) is 6.54 Å². The molecule has 1 amide bonds. The third-order valence-corrected chi connectivity index (χ3v) is 7.38. The summed E-state index contributed by atoms with van der Waals surface area (Å²) >= 11 is 6.21. The van der Waals surface area contributed by atoms with Crippen LogP contribution in [0.2, 0.25) is 5.02 Å². The van der Waals surface area contributed by atoms with Crippen LogP contribution in [0.5, 0.6) is 5.75 Å². The molecule has 0 aliphatic rings. The third-order valence-electron chi connectivity index (χ3n) is 7.13. The summed E-state index contributed by atoms with van der Waals surface area (Å²) in [4.78, 5) is 23.3. The molecule has 2 N–H and O–H groups in total. The SMILES string of the molecule is CCC[C@H](c1ccc(C(=O)NCCC(=O)O)cc1)C(Oc1ccc(-c2ccc(C)cc2)cc1C#N)c1ccc(Cl)cc1. The van der Waals surface area contributed by atoms with Crippen LogP contribution in [0.15, 0.2) is 91.0 Å². The first-order valence-electron chi connectivity index (χ1n) is 13.9. The van der Waals surface area contributed by atoms with Crippen molar-refractivity contribution in [3.05, 3.63) is 124 Å². The van der Waals surface area contributed by atoms with E-state index >= 15 is 0 Å². The zero-order valence-corrected chi connectivity index (χ0v) is 24.4. The minimum absolute atomic E-state index is 0.0603. The van der Waals surface area contributed by atoms with Gasteiger partial charge in [-0.25, -0.2) is 0 Å². The van der Waals surface area contributed by atoms with E-state index in [1.807, 2.05) is 85.8 Å². The van der Waals surface area contributed by atoms with Gasteiger partial charge in [0.25, 0.3) is 5.91 Å². The van der Waals surface area contributed by atoms with Crippen molar-refractivity contribution in [3.63, 3.8) is 0 Å². The first-order chi connectivity index (χ1) is 20.3. The molecule has 214 valence electrons. The van der Waals surface area contributed by atoms with Crippen LogP contribution in [-0.4, -0.2) is 23.5 Å². The van der Waals surface area contributed by atoms with E-state index in [-0.39, 0.29) is 24.8 Å². The average molecular weight is 581 g/mol. The number of carbonyl (C=O) groups excluding carboxylic acids is 1. The van der Waals surface area contributed by atoms with Gasteiger partial charge >= 0.3 is 5.97 Å². The highest BCUT2D eigenvalue weighted by Gasteiger charge is 2.28. The zero-order valence-electron chi connectivity index (χ0n) is 23.6. The lowest BCUT2D eigenvalue weighted by Crippen LogP contribution is -2.26. The molecule has 0 heterocycles. The average Bonchev–Trinajstić information content (AvgIpc) is 3.00. The fraction of sp³-hybridized carbons (Fsp3) is 0.229. The maximum absolute atomic E-state index is 12.5. The highest BCUT2D eigenvalue weighted by Crippen LogP contribution is 2.40. The van der Waals surface area contributed by atoms with Gasteiger partial charge in [-0.05, 0) is 72.0 Å². The van der Waals surface area contributed by atoms with Crippen LogP contribution in [0.1, 0.15) is 70.8 Å². The van der Waals surface area contributed by atoms with Crippen molar-refractivity contribution in [2.24, 2.45) is 0 Å². The smallest absolute Gasteiger partial charge is 0.305 e. The first-order valence-corrected chi connectivity index (χ1v) is 14.3. The van der Waals surface area contributed by atoms with E-state index in [1.165, 1.54) is 5.56 Å². The minimum Gasteiger partial charge on any atom is -0.484 e. The second-order valence-electron chi connectivity index (χ2n) is 10.2. The Balaban J connectivity index is 1.67. The summed E-state index contributed by atoms with van der Waals surface area (Å²) in [6, 6.07) is 31.0. The lowest BCUT2D eigenvalue weighted by atomic mass is 9.85. The Morgan fingerprint density at radius 2 is 1.57 bits per heavy atom. The van der Waals surface area contributed by atoms with Crippen molar-refractivity contribution in [1.82, 2.24) is 5.32 Å². The van der Waals surface area contributed by atoms with Gasteiger partial charge in [0.1, 0.15) is 17.9 Å². The van der Waals surface area contributed by atoms with Gasteiger partial charge in [0, 0.05) is 23.0 Å². The number of halogens is 1. The zero-order chi connectivity index (χ0) is 30.1. The second kappa shape index (κ2) is 14.3. The topological polar surface area (TPSA) is 99.4 Å². The van der Waals surface area contributed by atoms with Crippen LogP contribution >= 0.6 is 11.6 Å². The van der Waals surface area contributed by atoms with Gasteiger partial charge in [-0.1, -0.05) is 85.1 Å². The van der Waals surface area contributed by atoms with Crippen LogP contribution in [0.3, 0.4) is 0 Å². The number of aryl methyl sites for hydroxylation is 1. The largest absolute Gasteiger partial charge is 0.484 e. The highest BCUT2D eigenvalue weighted by atomic mass is 35.5. The van der Waals surface area contributed by atoms with Gasteiger partial charge in [-0.15, -0.1) is 0 Å². The minimum atomic E-state index is -0.967. The standard InChI is InChI=1S/C35H33ClN2O4/c1-3-4-31(25-9-11-27(12-10-25)35(41)38-20-19-33(39)40)34(26-13-16-30(36)17-14-26)42-32-18-15-28(21-29(32)22-37)24-7-5-23(2)6-8-24/h5-18,21,31,34H,3-4,19-20H2,1-2H3,(H,38,41)(H,39,40)/t31-,34?/m1/s1. The Hall–Kier alpha value is -4.60. The van der Waals surface area contributed by atoms with E-state index in [2.05, 4.69) is 18.3 Å². The number of carboxylic acid groups (broad SMARTS) is 1. The molecule has 0 fully saturated rings. The second-order valence-corrected chi connectivity index (χ2v) is 10.6. The van der Waals surface area contributed by atoms with Crippen LogP contribution in [0.25, 0.3) is 11.1 Å². The van der Waals surface area contributed by atoms with E-state index in [1.54, 1.807) is 12.1 Å². The molecule has 42 heavy (non-hydrogen) atoms. The number of carbonyl (C=O) groups is 2. The predicted molar refractivity (Wildman–Crippen MR) is 165 cm³/mol. The summed E-state index contributed by atoms with van der Waals surface area (Å²) in [6.07, 6.45) is 1.10. The molecule has 4 aromatic carbocycles. The number of amides is 1. The summed E-state index contributed by atoms with van der Waals surface area (Å²) in [7, 11) is 0. The summed E-state index contributed by atoms with van der Waals surface area (Å²) in [5.74, 6) is -0.897. The van der Waals surface area contributed by atoms with Crippen LogP contribution < -0.4 is 10.1 Å².